The molecule has 0 amide bonds. The average Bonchev–Trinajstić information content (AvgIpc) is 2.74. The summed E-state index contributed by atoms with van der Waals surface area (Å²) in [7, 11) is -2.60. The Morgan fingerprint density at radius 3 is 2.28 bits per heavy atom. The molecular weight excluding hydrogens is 430 g/mol. The maximum Gasteiger partial charge on any atom is 0.338 e. The third-order valence-electron chi connectivity index (χ3n) is 5.13. The minimum Gasteiger partial charge on any atom is -0.495 e. The lowest BCUT2D eigenvalue weighted by Crippen LogP contribution is -2.40. The van der Waals surface area contributed by atoms with Gasteiger partial charge in [-0.25, -0.2) is 17.9 Å². The number of carbonyl (C=O) groups excluding carboxylic acids is 2. The highest BCUT2D eigenvalue weighted by atomic mass is 32.2. The van der Waals surface area contributed by atoms with Crippen LogP contribution in [0.2, 0.25) is 0 Å². The standard InChI is InChI=1S/C24H29NO6S/c1-24(2,3)25-32(28,29)22-14-19(11-12-21(22)30-4)23(27)31-15-20(26)18-10-9-16-7-5-6-8-17(16)13-18/h9-14,25H,5-8,15H2,1-4H3. The fourth-order valence-corrected chi connectivity index (χ4v) is 5.29. The van der Waals surface area contributed by atoms with Crippen LogP contribution in [0.25, 0.3) is 0 Å². The van der Waals surface area contributed by atoms with Crippen LogP contribution in [0.5, 0.6) is 5.75 Å². The third-order valence-corrected chi connectivity index (χ3v) is 6.91. The SMILES string of the molecule is COc1ccc(C(=O)OCC(=O)c2ccc3c(c2)CCCC3)cc1S(=O)(=O)NC(C)(C)C. The molecule has 172 valence electrons. The van der Waals surface area contributed by atoms with E-state index in [0.717, 1.165) is 25.7 Å². The van der Waals surface area contributed by atoms with E-state index in [9.17, 15) is 18.0 Å². The van der Waals surface area contributed by atoms with E-state index in [-0.39, 0.29) is 22.0 Å². The number of hydrogen-bond donors (Lipinski definition) is 1. The van der Waals surface area contributed by atoms with Crippen LogP contribution in [0, 0.1) is 0 Å². The van der Waals surface area contributed by atoms with E-state index in [1.54, 1.807) is 26.8 Å². The average molecular weight is 460 g/mol. The third kappa shape index (κ3) is 5.75. The molecule has 0 spiro atoms. The van der Waals surface area contributed by atoms with Gasteiger partial charge < -0.3 is 9.47 Å². The van der Waals surface area contributed by atoms with Crippen LogP contribution >= 0.6 is 0 Å². The molecule has 2 aromatic rings. The molecule has 0 aliphatic heterocycles. The van der Waals surface area contributed by atoms with Crippen molar-refractivity contribution in [1.29, 1.82) is 0 Å². The minimum atomic E-state index is -3.95. The van der Waals surface area contributed by atoms with Crippen LogP contribution in [-0.2, 0) is 27.6 Å². The van der Waals surface area contributed by atoms with Crippen molar-refractivity contribution in [2.45, 2.75) is 56.9 Å². The molecule has 0 aromatic heterocycles. The quantitative estimate of drug-likeness (QED) is 0.501. The number of nitrogens with one attached hydrogen (secondary N) is 1. The van der Waals surface area contributed by atoms with E-state index >= 15 is 0 Å². The number of aryl methyl sites for hydroxylation is 2. The number of Topliss-reactive ketones (excluding diaryl/α,β-unsaturated/α-hetero) is 1. The second-order valence-electron chi connectivity index (χ2n) is 8.91. The normalized spacial score (nSPS) is 13.9. The Kier molecular flexibility index (Phi) is 7.05. The van der Waals surface area contributed by atoms with Gasteiger partial charge in [0.05, 0.1) is 12.7 Å². The molecule has 1 aliphatic carbocycles. The molecule has 0 radical (unpaired) electrons. The lowest BCUT2D eigenvalue weighted by atomic mass is 9.90. The first-order valence-electron chi connectivity index (χ1n) is 10.5. The lowest BCUT2D eigenvalue weighted by molar-refractivity contribution is 0.0474. The van der Waals surface area contributed by atoms with Gasteiger partial charge >= 0.3 is 5.97 Å². The summed E-state index contributed by atoms with van der Waals surface area (Å²) in [6.07, 6.45) is 4.22. The van der Waals surface area contributed by atoms with Gasteiger partial charge in [0.15, 0.2) is 12.4 Å². The van der Waals surface area contributed by atoms with E-state index in [1.165, 1.54) is 36.4 Å². The van der Waals surface area contributed by atoms with Gasteiger partial charge in [-0.15, -0.1) is 0 Å². The first-order chi connectivity index (χ1) is 15.0. The summed E-state index contributed by atoms with van der Waals surface area (Å²) < 4.78 is 38.4. The topological polar surface area (TPSA) is 98.8 Å². The van der Waals surface area contributed by atoms with Crippen molar-refractivity contribution in [3.63, 3.8) is 0 Å². The number of hydrogen-bond acceptors (Lipinski definition) is 6. The first-order valence-corrected chi connectivity index (χ1v) is 12.0. The van der Waals surface area contributed by atoms with Crippen LogP contribution in [-0.4, -0.2) is 39.4 Å². The zero-order valence-electron chi connectivity index (χ0n) is 18.9. The van der Waals surface area contributed by atoms with E-state index in [4.69, 9.17) is 9.47 Å². The molecule has 2 aromatic carbocycles. The van der Waals surface area contributed by atoms with Crippen molar-refractivity contribution < 1.29 is 27.5 Å². The second kappa shape index (κ2) is 9.42. The predicted molar refractivity (Wildman–Crippen MR) is 121 cm³/mol. The van der Waals surface area contributed by atoms with Crippen molar-refractivity contribution >= 4 is 21.8 Å². The molecular formula is C24H29NO6S. The van der Waals surface area contributed by atoms with Crippen molar-refractivity contribution in [2.75, 3.05) is 13.7 Å². The molecule has 3 rings (SSSR count). The molecule has 32 heavy (non-hydrogen) atoms. The Balaban J connectivity index is 1.74. The minimum absolute atomic E-state index is 0.0123. The van der Waals surface area contributed by atoms with E-state index < -0.39 is 28.1 Å². The zero-order valence-corrected chi connectivity index (χ0v) is 19.7. The maximum absolute atomic E-state index is 12.8. The summed E-state index contributed by atoms with van der Waals surface area (Å²) >= 11 is 0. The van der Waals surface area contributed by atoms with Gasteiger partial charge in [-0.3, -0.25) is 4.79 Å². The predicted octanol–water partition coefficient (Wildman–Crippen LogP) is 3.69. The Morgan fingerprint density at radius 2 is 1.62 bits per heavy atom. The summed E-state index contributed by atoms with van der Waals surface area (Å²) in [5.41, 5.74) is 2.23. The van der Waals surface area contributed by atoms with Crippen LogP contribution in [0.1, 0.15) is 65.5 Å². The van der Waals surface area contributed by atoms with Crippen LogP contribution in [0.15, 0.2) is 41.3 Å². The highest BCUT2D eigenvalue weighted by molar-refractivity contribution is 7.89. The summed E-state index contributed by atoms with van der Waals surface area (Å²) in [6, 6.07) is 9.59. The number of ether oxygens (including phenoxy) is 2. The van der Waals surface area contributed by atoms with Crippen molar-refractivity contribution in [3.8, 4) is 5.75 Å². The smallest absolute Gasteiger partial charge is 0.338 e. The Hall–Kier alpha value is -2.71. The van der Waals surface area contributed by atoms with Crippen molar-refractivity contribution in [1.82, 2.24) is 4.72 Å². The van der Waals surface area contributed by atoms with E-state index in [0.29, 0.717) is 5.56 Å². The lowest BCUT2D eigenvalue weighted by Gasteiger charge is -2.21. The van der Waals surface area contributed by atoms with Gasteiger partial charge in [0.2, 0.25) is 10.0 Å². The van der Waals surface area contributed by atoms with Gasteiger partial charge in [0, 0.05) is 11.1 Å². The first kappa shape index (κ1) is 23.9. The molecule has 1 aliphatic rings. The molecule has 7 nitrogen and oxygen atoms in total. The summed E-state index contributed by atoms with van der Waals surface area (Å²) in [5.74, 6) is -0.989. The van der Waals surface area contributed by atoms with Gasteiger partial charge in [-0.2, -0.15) is 0 Å². The highest BCUT2D eigenvalue weighted by Gasteiger charge is 2.27. The fraction of sp³-hybridized carbons (Fsp3) is 0.417. The number of carbonyl (C=O) groups is 2. The fourth-order valence-electron chi connectivity index (χ4n) is 3.68. The number of benzene rings is 2. The van der Waals surface area contributed by atoms with Gasteiger partial charge in [0.1, 0.15) is 10.6 Å². The maximum atomic E-state index is 12.8. The number of methoxy groups -OCH3 is 1. The molecule has 8 heteroatoms. The number of ketones is 1. The molecule has 1 N–H and O–H groups in total. The summed E-state index contributed by atoms with van der Waals surface area (Å²) in [6.45, 7) is 4.70. The molecule has 0 bridgehead atoms. The second-order valence-corrected chi connectivity index (χ2v) is 10.6. The zero-order chi connectivity index (χ0) is 23.5. The molecule has 0 unspecified atom stereocenters. The summed E-state index contributed by atoms with van der Waals surface area (Å²) in [5, 5.41) is 0. The summed E-state index contributed by atoms with van der Waals surface area (Å²) in [4.78, 5) is 24.9. The van der Waals surface area contributed by atoms with Crippen LogP contribution < -0.4 is 9.46 Å². The Morgan fingerprint density at radius 1 is 0.969 bits per heavy atom. The number of sulfonamides is 1. The highest BCUT2D eigenvalue weighted by Crippen LogP contribution is 2.27. The van der Waals surface area contributed by atoms with Crippen LogP contribution in [0.3, 0.4) is 0 Å². The number of esters is 1. The Bertz CT molecular complexity index is 1130. The molecule has 0 saturated heterocycles. The molecule has 0 atom stereocenters. The van der Waals surface area contributed by atoms with E-state index in [2.05, 4.69) is 4.72 Å². The number of fused-ring (bicyclic) bond motifs is 1. The molecule has 0 heterocycles. The van der Waals surface area contributed by atoms with Gasteiger partial charge in [0.25, 0.3) is 0 Å². The number of rotatable bonds is 7. The van der Waals surface area contributed by atoms with Crippen molar-refractivity contribution in [3.05, 3.63) is 58.7 Å². The van der Waals surface area contributed by atoms with Crippen molar-refractivity contribution in [2.24, 2.45) is 0 Å². The molecule has 0 saturated carbocycles. The van der Waals surface area contributed by atoms with E-state index in [1.807, 2.05) is 12.1 Å². The Labute approximate surface area is 189 Å². The van der Waals surface area contributed by atoms with Gasteiger partial charge in [-0.1, -0.05) is 12.1 Å². The molecule has 0 fully saturated rings. The largest absolute Gasteiger partial charge is 0.495 e. The van der Waals surface area contributed by atoms with Crippen LogP contribution in [0.4, 0.5) is 0 Å². The monoisotopic (exact) mass is 459 g/mol. The van der Waals surface area contributed by atoms with Gasteiger partial charge in [-0.05, 0) is 81.8 Å².